The van der Waals surface area contributed by atoms with Crippen LogP contribution in [0.2, 0.25) is 10.0 Å². The van der Waals surface area contributed by atoms with Gasteiger partial charge in [0.15, 0.2) is 0 Å². The van der Waals surface area contributed by atoms with E-state index in [1.165, 1.54) is 0 Å². The molecule has 0 unspecified atom stereocenters. The van der Waals surface area contributed by atoms with E-state index in [0.717, 1.165) is 5.56 Å². The minimum absolute atomic E-state index is 0.338. The van der Waals surface area contributed by atoms with Crippen LogP contribution in [0.5, 0.6) is 0 Å². The van der Waals surface area contributed by atoms with Gasteiger partial charge < -0.3 is 10.3 Å². The lowest BCUT2D eigenvalue weighted by Crippen LogP contribution is -1.89. The van der Waals surface area contributed by atoms with Gasteiger partial charge in [-0.3, -0.25) is 0 Å². The normalized spacial score (nSPS) is 10.8. The van der Waals surface area contributed by atoms with Crippen LogP contribution in [-0.2, 0) is 0 Å². The number of aromatic nitrogens is 2. The van der Waals surface area contributed by atoms with Crippen LogP contribution in [0.4, 0.5) is 5.69 Å². The van der Waals surface area contributed by atoms with Gasteiger partial charge in [0.25, 0.3) is 5.89 Å². The van der Waals surface area contributed by atoms with E-state index in [0.29, 0.717) is 33.0 Å². The topological polar surface area (TPSA) is 64.9 Å². The first-order chi connectivity index (χ1) is 9.15. The second-order valence-electron chi connectivity index (χ2n) is 3.79. The predicted octanol–water partition coefficient (Wildman–Crippen LogP) is 4.35. The Hall–Kier alpha value is -1.56. The average Bonchev–Trinajstić information content (AvgIpc) is 3.05. The molecule has 4 nitrogen and oxygen atoms in total. The van der Waals surface area contributed by atoms with E-state index >= 15 is 0 Å². The van der Waals surface area contributed by atoms with Crippen LogP contribution in [0.25, 0.3) is 22.8 Å². The Morgan fingerprint density at radius 3 is 2.53 bits per heavy atom. The lowest BCUT2D eigenvalue weighted by Gasteiger charge is -2.02. The first-order valence-electron chi connectivity index (χ1n) is 5.26. The molecule has 2 aromatic heterocycles. The first kappa shape index (κ1) is 12.5. The van der Waals surface area contributed by atoms with Gasteiger partial charge in [-0.25, -0.2) is 0 Å². The molecule has 1 aromatic carbocycles. The molecule has 0 radical (unpaired) electrons. The third kappa shape index (κ3) is 2.32. The van der Waals surface area contributed by atoms with Crippen molar-refractivity contribution in [3.05, 3.63) is 39.0 Å². The van der Waals surface area contributed by atoms with E-state index in [2.05, 4.69) is 10.1 Å². The van der Waals surface area contributed by atoms with Crippen LogP contribution in [0.15, 0.2) is 33.5 Å². The summed E-state index contributed by atoms with van der Waals surface area (Å²) in [6.07, 6.45) is 0. The monoisotopic (exact) mass is 311 g/mol. The molecule has 7 heteroatoms. The van der Waals surface area contributed by atoms with E-state index in [1.54, 1.807) is 23.5 Å². The predicted molar refractivity (Wildman–Crippen MR) is 77.5 cm³/mol. The van der Waals surface area contributed by atoms with E-state index < -0.39 is 0 Å². The highest BCUT2D eigenvalue weighted by molar-refractivity contribution is 7.08. The van der Waals surface area contributed by atoms with Gasteiger partial charge in [-0.05, 0) is 23.6 Å². The molecule has 0 amide bonds. The van der Waals surface area contributed by atoms with Crippen molar-refractivity contribution in [1.82, 2.24) is 10.1 Å². The van der Waals surface area contributed by atoms with Crippen molar-refractivity contribution in [1.29, 1.82) is 0 Å². The van der Waals surface area contributed by atoms with Gasteiger partial charge in [0.05, 0.1) is 15.7 Å². The molecular weight excluding hydrogens is 305 g/mol. The SMILES string of the molecule is Nc1c(Cl)cc(-c2nc(-c3ccsc3)no2)cc1Cl. The lowest BCUT2D eigenvalue weighted by atomic mass is 10.2. The number of halogens is 2. The fourth-order valence-electron chi connectivity index (χ4n) is 1.56. The molecule has 19 heavy (non-hydrogen) atoms. The van der Waals surface area contributed by atoms with Gasteiger partial charge in [-0.1, -0.05) is 28.4 Å². The van der Waals surface area contributed by atoms with E-state index in [-0.39, 0.29) is 0 Å². The lowest BCUT2D eigenvalue weighted by molar-refractivity contribution is 0.432. The molecule has 3 aromatic rings. The van der Waals surface area contributed by atoms with Crippen molar-refractivity contribution in [2.45, 2.75) is 0 Å². The summed E-state index contributed by atoms with van der Waals surface area (Å²) < 4.78 is 5.21. The maximum Gasteiger partial charge on any atom is 0.258 e. The molecule has 0 saturated heterocycles. The molecule has 3 rings (SSSR count). The summed E-state index contributed by atoms with van der Waals surface area (Å²) in [6.45, 7) is 0. The summed E-state index contributed by atoms with van der Waals surface area (Å²) in [5.41, 5.74) is 7.57. The van der Waals surface area contributed by atoms with Gasteiger partial charge in [-0.2, -0.15) is 16.3 Å². The van der Waals surface area contributed by atoms with Gasteiger partial charge in [0.2, 0.25) is 5.82 Å². The number of nitrogens with zero attached hydrogens (tertiary/aromatic N) is 2. The summed E-state index contributed by atoms with van der Waals surface area (Å²) in [4.78, 5) is 4.31. The fraction of sp³-hybridized carbons (Fsp3) is 0. The van der Waals surface area contributed by atoms with Crippen molar-refractivity contribution in [3.63, 3.8) is 0 Å². The molecule has 0 spiro atoms. The van der Waals surface area contributed by atoms with E-state index in [4.69, 9.17) is 33.5 Å². The second-order valence-corrected chi connectivity index (χ2v) is 5.38. The molecule has 0 aliphatic carbocycles. The molecule has 2 N–H and O–H groups in total. The van der Waals surface area contributed by atoms with Gasteiger partial charge in [-0.15, -0.1) is 0 Å². The zero-order valence-corrected chi connectivity index (χ0v) is 11.8. The van der Waals surface area contributed by atoms with Crippen LogP contribution in [0.3, 0.4) is 0 Å². The smallest absolute Gasteiger partial charge is 0.258 e. The number of benzene rings is 1. The summed E-state index contributed by atoms with van der Waals surface area (Å²) in [5.74, 6) is 0.880. The zero-order chi connectivity index (χ0) is 13.4. The quantitative estimate of drug-likeness (QED) is 0.714. The van der Waals surface area contributed by atoms with Crippen LogP contribution in [0, 0.1) is 0 Å². The number of anilines is 1. The van der Waals surface area contributed by atoms with Crippen molar-refractivity contribution < 1.29 is 4.52 Å². The van der Waals surface area contributed by atoms with Crippen LogP contribution in [0.1, 0.15) is 0 Å². The van der Waals surface area contributed by atoms with Gasteiger partial charge in [0, 0.05) is 16.5 Å². The van der Waals surface area contributed by atoms with Crippen molar-refractivity contribution >= 4 is 40.2 Å². The molecule has 0 atom stereocenters. The number of nitrogens with two attached hydrogens (primary N) is 1. The summed E-state index contributed by atoms with van der Waals surface area (Å²) in [5, 5.41) is 8.53. The molecule has 2 heterocycles. The second kappa shape index (κ2) is 4.85. The van der Waals surface area contributed by atoms with Gasteiger partial charge in [0.1, 0.15) is 0 Å². The Labute approximate surface area is 122 Å². The molecule has 96 valence electrons. The molecule has 0 aliphatic heterocycles. The van der Waals surface area contributed by atoms with Gasteiger partial charge >= 0.3 is 0 Å². The average molecular weight is 312 g/mol. The summed E-state index contributed by atoms with van der Waals surface area (Å²) in [6, 6.07) is 5.21. The Bertz CT molecular complexity index is 701. The molecule has 0 aliphatic rings. The van der Waals surface area contributed by atoms with Crippen molar-refractivity contribution in [3.8, 4) is 22.8 Å². The molecule has 0 bridgehead atoms. The Morgan fingerprint density at radius 2 is 1.89 bits per heavy atom. The summed E-state index contributed by atoms with van der Waals surface area (Å²) >= 11 is 13.5. The number of thiophene rings is 1. The number of nitrogen functional groups attached to an aromatic ring is 1. The Balaban J connectivity index is 2.04. The molecule has 0 saturated carbocycles. The Kier molecular flexibility index (Phi) is 3.18. The van der Waals surface area contributed by atoms with Crippen molar-refractivity contribution in [2.24, 2.45) is 0 Å². The standard InChI is InChI=1S/C12H7Cl2N3OS/c13-8-3-7(4-9(14)10(8)15)12-16-11(17-18-12)6-1-2-19-5-6/h1-5H,15H2. The summed E-state index contributed by atoms with van der Waals surface area (Å²) in [7, 11) is 0. The number of hydrogen-bond donors (Lipinski definition) is 1. The van der Waals surface area contributed by atoms with E-state index in [9.17, 15) is 0 Å². The number of hydrogen-bond acceptors (Lipinski definition) is 5. The maximum absolute atomic E-state index is 5.98. The minimum Gasteiger partial charge on any atom is -0.396 e. The largest absolute Gasteiger partial charge is 0.396 e. The third-order valence-corrected chi connectivity index (χ3v) is 3.84. The van der Waals surface area contributed by atoms with Crippen LogP contribution in [-0.4, -0.2) is 10.1 Å². The highest BCUT2D eigenvalue weighted by Gasteiger charge is 2.13. The zero-order valence-electron chi connectivity index (χ0n) is 9.43. The van der Waals surface area contributed by atoms with Crippen molar-refractivity contribution in [2.75, 3.05) is 5.73 Å². The third-order valence-electron chi connectivity index (χ3n) is 2.53. The van der Waals surface area contributed by atoms with E-state index in [1.807, 2.05) is 16.8 Å². The van der Waals surface area contributed by atoms with Crippen LogP contribution >= 0.6 is 34.5 Å². The first-order valence-corrected chi connectivity index (χ1v) is 6.96. The number of rotatable bonds is 2. The Morgan fingerprint density at radius 1 is 1.16 bits per heavy atom. The van der Waals surface area contributed by atoms with Crippen LogP contribution < -0.4 is 5.73 Å². The minimum atomic E-state index is 0.338. The highest BCUT2D eigenvalue weighted by atomic mass is 35.5. The molecular formula is C12H7Cl2N3OS. The maximum atomic E-state index is 5.98. The molecule has 0 fully saturated rings. The fourth-order valence-corrected chi connectivity index (χ4v) is 2.68. The highest BCUT2D eigenvalue weighted by Crippen LogP contribution is 2.33.